The van der Waals surface area contributed by atoms with E-state index in [1.165, 1.54) is 0 Å². The maximum Gasteiger partial charge on any atom is 0.115 e. The molecule has 58 valence electrons. The minimum Gasteiger partial charge on any atom is -0.394 e. The molecule has 0 aromatic carbocycles. The molecule has 2 saturated heterocycles. The zero-order valence-electron chi connectivity index (χ0n) is 5.89. The van der Waals surface area contributed by atoms with Crippen molar-refractivity contribution in [1.82, 2.24) is 4.90 Å². The van der Waals surface area contributed by atoms with Crippen LogP contribution in [-0.2, 0) is 0 Å². The minimum atomic E-state index is -0.699. The third-order valence-electron chi connectivity index (χ3n) is 2.83. The Morgan fingerprint density at radius 1 is 1.70 bits per heavy atom. The lowest BCUT2D eigenvalue weighted by Crippen LogP contribution is -2.57. The fraction of sp³-hybridized carbons (Fsp3) is 1.00. The molecule has 2 rings (SSSR count). The molecule has 0 unspecified atom stereocenters. The van der Waals surface area contributed by atoms with Gasteiger partial charge >= 0.3 is 0 Å². The molecule has 2 aliphatic heterocycles. The van der Waals surface area contributed by atoms with Crippen molar-refractivity contribution < 1.29 is 9.50 Å². The van der Waals surface area contributed by atoms with Gasteiger partial charge in [0.05, 0.1) is 6.61 Å². The number of aliphatic hydroxyl groups excluding tert-OH is 1. The van der Waals surface area contributed by atoms with E-state index in [2.05, 4.69) is 4.90 Å². The van der Waals surface area contributed by atoms with Crippen molar-refractivity contribution in [2.45, 2.75) is 24.6 Å². The summed E-state index contributed by atoms with van der Waals surface area (Å²) in [6.07, 6.45) is 0.822. The Hall–Kier alpha value is -0.150. The third-order valence-corrected chi connectivity index (χ3v) is 2.83. The summed E-state index contributed by atoms with van der Waals surface area (Å²) in [6, 6.07) is 0. The van der Waals surface area contributed by atoms with Gasteiger partial charge in [0.15, 0.2) is 0 Å². The van der Waals surface area contributed by atoms with Crippen LogP contribution in [0.3, 0.4) is 0 Å². The predicted molar refractivity (Wildman–Crippen MR) is 35.5 cm³/mol. The molecule has 0 spiro atoms. The van der Waals surface area contributed by atoms with Gasteiger partial charge in [0.25, 0.3) is 0 Å². The number of hydrogen-bond donors (Lipinski definition) is 1. The number of aliphatic hydroxyl groups is 1. The summed E-state index contributed by atoms with van der Waals surface area (Å²) in [6.45, 7) is 1.65. The number of hydrogen-bond acceptors (Lipinski definition) is 2. The SMILES string of the molecule is OC[C@]12CCN1C[C@@H](F)C2. The summed E-state index contributed by atoms with van der Waals surface area (Å²) in [7, 11) is 0. The van der Waals surface area contributed by atoms with E-state index in [1.54, 1.807) is 0 Å². The Labute approximate surface area is 59.6 Å². The first-order valence-corrected chi connectivity index (χ1v) is 3.77. The van der Waals surface area contributed by atoms with Gasteiger partial charge in [-0.15, -0.1) is 0 Å². The standard InChI is InChI=1S/C7H12FNO/c8-6-3-7(5-10)1-2-9(7)4-6/h6,10H,1-5H2/t6-,7+/m0/s1. The van der Waals surface area contributed by atoms with Gasteiger partial charge in [-0.25, -0.2) is 4.39 Å². The summed E-state index contributed by atoms with van der Waals surface area (Å²) in [5.74, 6) is 0. The summed E-state index contributed by atoms with van der Waals surface area (Å²) in [5.41, 5.74) is -0.139. The lowest BCUT2D eigenvalue weighted by molar-refractivity contribution is -0.0190. The molecule has 0 aromatic rings. The molecule has 2 aliphatic rings. The molecule has 2 heterocycles. The molecular weight excluding hydrogens is 133 g/mol. The molecule has 0 amide bonds. The fourth-order valence-corrected chi connectivity index (χ4v) is 2.06. The Bertz CT molecular complexity index is 149. The molecule has 0 radical (unpaired) electrons. The van der Waals surface area contributed by atoms with Gasteiger partial charge in [-0.1, -0.05) is 0 Å². The van der Waals surface area contributed by atoms with Crippen LogP contribution in [0.25, 0.3) is 0 Å². The number of rotatable bonds is 1. The highest BCUT2D eigenvalue weighted by Gasteiger charge is 2.51. The van der Waals surface area contributed by atoms with E-state index in [0.29, 0.717) is 13.0 Å². The first kappa shape index (κ1) is 6.55. The highest BCUT2D eigenvalue weighted by molar-refractivity contribution is 5.06. The molecule has 0 saturated carbocycles. The van der Waals surface area contributed by atoms with Crippen molar-refractivity contribution in [2.75, 3.05) is 19.7 Å². The molecule has 0 bridgehead atoms. The first-order chi connectivity index (χ1) is 4.77. The summed E-state index contributed by atoms with van der Waals surface area (Å²) >= 11 is 0. The number of fused-ring (bicyclic) bond motifs is 1. The Kier molecular flexibility index (Phi) is 1.26. The van der Waals surface area contributed by atoms with Crippen LogP contribution >= 0.6 is 0 Å². The second kappa shape index (κ2) is 1.92. The van der Waals surface area contributed by atoms with Crippen molar-refractivity contribution in [3.63, 3.8) is 0 Å². The molecule has 0 aliphatic carbocycles. The smallest absolute Gasteiger partial charge is 0.115 e. The average Bonchev–Trinajstić information content (AvgIpc) is 2.11. The minimum absolute atomic E-state index is 0.132. The zero-order chi connectivity index (χ0) is 7.19. The lowest BCUT2D eigenvalue weighted by Gasteiger charge is -2.46. The van der Waals surface area contributed by atoms with E-state index >= 15 is 0 Å². The molecule has 2 fully saturated rings. The lowest BCUT2D eigenvalue weighted by atomic mass is 9.86. The molecular formula is C7H12FNO. The van der Waals surface area contributed by atoms with Crippen molar-refractivity contribution >= 4 is 0 Å². The van der Waals surface area contributed by atoms with Crippen molar-refractivity contribution in [2.24, 2.45) is 0 Å². The highest BCUT2D eigenvalue weighted by atomic mass is 19.1. The molecule has 10 heavy (non-hydrogen) atoms. The van der Waals surface area contributed by atoms with Gasteiger partial charge in [0.1, 0.15) is 6.17 Å². The van der Waals surface area contributed by atoms with Crippen LogP contribution in [0.5, 0.6) is 0 Å². The van der Waals surface area contributed by atoms with Crippen LogP contribution < -0.4 is 0 Å². The van der Waals surface area contributed by atoms with E-state index in [9.17, 15) is 4.39 Å². The van der Waals surface area contributed by atoms with Gasteiger partial charge in [-0.05, 0) is 6.42 Å². The summed E-state index contributed by atoms with van der Waals surface area (Å²) < 4.78 is 12.7. The summed E-state index contributed by atoms with van der Waals surface area (Å²) in [4.78, 5) is 2.05. The van der Waals surface area contributed by atoms with E-state index in [4.69, 9.17) is 5.11 Å². The maximum absolute atomic E-state index is 12.7. The van der Waals surface area contributed by atoms with Gasteiger partial charge in [-0.2, -0.15) is 0 Å². The van der Waals surface area contributed by atoms with E-state index in [1.807, 2.05) is 0 Å². The number of halogens is 1. The van der Waals surface area contributed by atoms with Crippen molar-refractivity contribution in [3.05, 3.63) is 0 Å². The Morgan fingerprint density at radius 3 is 2.80 bits per heavy atom. The first-order valence-electron chi connectivity index (χ1n) is 3.77. The van der Waals surface area contributed by atoms with Gasteiger partial charge in [-0.3, -0.25) is 4.90 Å². The second-order valence-corrected chi connectivity index (χ2v) is 3.38. The maximum atomic E-state index is 12.7. The van der Waals surface area contributed by atoms with Crippen LogP contribution in [0, 0.1) is 0 Å². The number of nitrogens with zero attached hydrogens (tertiary/aromatic N) is 1. The van der Waals surface area contributed by atoms with E-state index < -0.39 is 6.17 Å². The molecule has 1 N–H and O–H groups in total. The van der Waals surface area contributed by atoms with Crippen LogP contribution in [-0.4, -0.2) is 41.4 Å². The van der Waals surface area contributed by atoms with Crippen LogP contribution in [0.4, 0.5) is 4.39 Å². The average molecular weight is 145 g/mol. The van der Waals surface area contributed by atoms with Gasteiger partial charge < -0.3 is 5.11 Å². The zero-order valence-corrected chi connectivity index (χ0v) is 5.89. The molecule has 2 atom stereocenters. The van der Waals surface area contributed by atoms with E-state index in [0.717, 1.165) is 13.0 Å². The second-order valence-electron chi connectivity index (χ2n) is 3.38. The van der Waals surface area contributed by atoms with Crippen LogP contribution in [0.1, 0.15) is 12.8 Å². The summed E-state index contributed by atoms with van der Waals surface area (Å²) in [5, 5.41) is 8.96. The Balaban J connectivity index is 2.10. The molecule has 2 nitrogen and oxygen atoms in total. The predicted octanol–water partition coefficient (Wildman–Crippen LogP) is 0.165. The topological polar surface area (TPSA) is 23.5 Å². The van der Waals surface area contributed by atoms with Crippen LogP contribution in [0.15, 0.2) is 0 Å². The normalized spacial score (nSPS) is 46.8. The van der Waals surface area contributed by atoms with Crippen molar-refractivity contribution in [1.29, 1.82) is 0 Å². The highest BCUT2D eigenvalue weighted by Crippen LogP contribution is 2.40. The monoisotopic (exact) mass is 145 g/mol. The van der Waals surface area contributed by atoms with Crippen molar-refractivity contribution in [3.8, 4) is 0 Å². The third kappa shape index (κ3) is 0.648. The van der Waals surface area contributed by atoms with Crippen LogP contribution in [0.2, 0.25) is 0 Å². The Morgan fingerprint density at radius 2 is 2.50 bits per heavy atom. The van der Waals surface area contributed by atoms with Gasteiger partial charge in [0.2, 0.25) is 0 Å². The largest absolute Gasteiger partial charge is 0.394 e. The number of alkyl halides is 1. The molecule has 0 aromatic heterocycles. The van der Waals surface area contributed by atoms with Gasteiger partial charge in [0, 0.05) is 25.0 Å². The fourth-order valence-electron chi connectivity index (χ4n) is 2.06. The van der Waals surface area contributed by atoms with E-state index in [-0.39, 0.29) is 12.1 Å². The quantitative estimate of drug-likeness (QED) is 0.568. The molecule has 3 heteroatoms.